The van der Waals surface area contributed by atoms with Gasteiger partial charge in [0.15, 0.2) is 6.10 Å². The molecule has 12 nitrogen and oxygen atoms in total. The summed E-state index contributed by atoms with van der Waals surface area (Å²) in [5.74, 6) is -2.19. The number of unbranched alkanes of at least 4 members (excludes halogenated alkanes) is 11. The van der Waals surface area contributed by atoms with E-state index in [-0.39, 0.29) is 37.9 Å². The summed E-state index contributed by atoms with van der Waals surface area (Å²) >= 11 is 0. The van der Waals surface area contributed by atoms with Crippen LogP contribution in [0, 0.1) is 11.8 Å². The zero-order valence-corrected chi connectivity index (χ0v) is 33.8. The van der Waals surface area contributed by atoms with Crippen LogP contribution in [0.2, 0.25) is 0 Å². The summed E-state index contributed by atoms with van der Waals surface area (Å²) in [4.78, 5) is 55.7. The monoisotopic (exact) mass is 786 g/mol. The molecule has 0 aromatic rings. The van der Waals surface area contributed by atoms with Crippen LogP contribution in [0.25, 0.3) is 0 Å². The average molecular weight is 787 g/mol. The predicted molar refractivity (Wildman–Crippen MR) is 209 cm³/mol. The number of aliphatic hydroxyl groups is 3. The minimum atomic E-state index is -4.85. The number of allylic oxidation sites excluding steroid dienone is 4. The van der Waals surface area contributed by atoms with Crippen molar-refractivity contribution < 1.29 is 58.1 Å². The van der Waals surface area contributed by atoms with E-state index in [0.29, 0.717) is 25.7 Å². The molecule has 0 bridgehead atoms. The van der Waals surface area contributed by atoms with Gasteiger partial charge in [-0.2, -0.15) is 0 Å². The second-order valence-corrected chi connectivity index (χ2v) is 15.8. The van der Waals surface area contributed by atoms with Gasteiger partial charge in [-0.05, 0) is 57.8 Å². The number of phosphoric ester groups is 1. The lowest BCUT2D eigenvalue weighted by Gasteiger charge is -2.20. The number of hydrogen-bond donors (Lipinski definition) is 5. The smallest absolute Gasteiger partial charge is 0.462 e. The van der Waals surface area contributed by atoms with Gasteiger partial charge in [0.2, 0.25) is 0 Å². The lowest BCUT2D eigenvalue weighted by atomic mass is 9.87. The molecule has 13 heteroatoms. The summed E-state index contributed by atoms with van der Waals surface area (Å²) in [6.45, 7) is 3.21. The molecule has 0 saturated heterocycles. The highest BCUT2D eigenvalue weighted by atomic mass is 31.2. The fourth-order valence-electron chi connectivity index (χ4n) is 6.46. The van der Waals surface area contributed by atoms with Crippen molar-refractivity contribution >= 4 is 25.5 Å². The standard InChI is InChI=1S/C41H71O12P/c1-3-5-7-8-9-10-11-12-13-14-15-16-17-18-20-26-41(47)53-35(32-52-54(48,49)50)31-51-40(46)25-22-21-24-34(43)29-37-36(38(44)30-39(37)45)28-27-33(42)23-19-6-4-2/h9-10,12-13,27-28,33,35-39,42,44-45H,3-8,11,14-26,29-32H2,1-2H3,(H2,48,49,50)/b10-9-,13-12-,28-27+/t33-,35+,36+,37+,38+,39-/m0/s1. The molecular weight excluding hydrogens is 715 g/mol. The molecule has 1 aliphatic carbocycles. The highest BCUT2D eigenvalue weighted by Gasteiger charge is 2.41. The van der Waals surface area contributed by atoms with Crippen LogP contribution in [0.3, 0.4) is 0 Å². The zero-order chi connectivity index (χ0) is 40.0. The van der Waals surface area contributed by atoms with E-state index in [9.17, 15) is 34.3 Å². The van der Waals surface area contributed by atoms with E-state index in [0.717, 1.165) is 64.2 Å². The SMILES string of the molecule is CCCCC/C=C\C/C=C\CCCCCCCC(=O)O[C@H](COC(=O)CCCCC(=O)C[C@@H]1[C@@H](/C=C/[C@@H](O)CCCCC)[C@H](O)C[C@@H]1O)COP(=O)(O)O. The molecule has 0 aromatic carbocycles. The van der Waals surface area contributed by atoms with Crippen molar-refractivity contribution in [1.82, 2.24) is 0 Å². The molecule has 1 aliphatic rings. The third-order valence-corrected chi connectivity index (χ3v) is 10.1. The molecular formula is C41H71O12P. The minimum Gasteiger partial charge on any atom is -0.462 e. The van der Waals surface area contributed by atoms with Crippen molar-refractivity contribution in [2.45, 2.75) is 180 Å². The number of ether oxygens (including phenoxy) is 2. The first-order valence-corrected chi connectivity index (χ1v) is 22.0. The number of carbonyl (C=O) groups excluding carboxylic acids is 3. The summed E-state index contributed by atoms with van der Waals surface area (Å²) in [6.07, 6.45) is 25.0. The predicted octanol–water partition coefficient (Wildman–Crippen LogP) is 7.74. The summed E-state index contributed by atoms with van der Waals surface area (Å²) in [5.41, 5.74) is 0. The van der Waals surface area contributed by atoms with Gasteiger partial charge in [0.1, 0.15) is 12.4 Å². The van der Waals surface area contributed by atoms with Crippen LogP contribution in [0.5, 0.6) is 0 Å². The lowest BCUT2D eigenvalue weighted by Crippen LogP contribution is -2.29. The molecule has 1 saturated carbocycles. The first-order chi connectivity index (χ1) is 25.9. The lowest BCUT2D eigenvalue weighted by molar-refractivity contribution is -0.161. The van der Waals surface area contributed by atoms with Crippen LogP contribution in [-0.4, -0.2) is 80.5 Å². The number of carbonyl (C=O) groups is 3. The summed E-state index contributed by atoms with van der Waals surface area (Å²) in [6, 6.07) is 0. The molecule has 0 spiro atoms. The van der Waals surface area contributed by atoms with Gasteiger partial charge in [0.05, 0.1) is 24.9 Å². The molecule has 54 heavy (non-hydrogen) atoms. The van der Waals surface area contributed by atoms with Crippen molar-refractivity contribution in [2.24, 2.45) is 11.8 Å². The summed E-state index contributed by atoms with van der Waals surface area (Å²) < 4.78 is 26.2. The highest BCUT2D eigenvalue weighted by molar-refractivity contribution is 7.46. The van der Waals surface area contributed by atoms with Gasteiger partial charge in [-0.15, -0.1) is 0 Å². The van der Waals surface area contributed by atoms with Crippen LogP contribution < -0.4 is 0 Å². The molecule has 0 unspecified atom stereocenters. The van der Waals surface area contributed by atoms with E-state index >= 15 is 0 Å². The van der Waals surface area contributed by atoms with E-state index in [2.05, 4.69) is 42.7 Å². The molecule has 0 heterocycles. The molecule has 0 aliphatic heterocycles. The Labute approximate surface area is 324 Å². The maximum absolute atomic E-state index is 12.7. The highest BCUT2D eigenvalue weighted by Crippen LogP contribution is 2.37. The van der Waals surface area contributed by atoms with Crippen molar-refractivity contribution in [3.05, 3.63) is 36.5 Å². The topological polar surface area (TPSA) is 197 Å². The molecule has 6 atom stereocenters. The van der Waals surface area contributed by atoms with Crippen LogP contribution in [0.4, 0.5) is 0 Å². The molecule has 0 radical (unpaired) electrons. The maximum Gasteiger partial charge on any atom is 0.469 e. The number of esters is 2. The van der Waals surface area contributed by atoms with Gasteiger partial charge in [-0.25, -0.2) is 4.57 Å². The molecule has 0 aromatic heterocycles. The van der Waals surface area contributed by atoms with Gasteiger partial charge >= 0.3 is 19.8 Å². The van der Waals surface area contributed by atoms with Gasteiger partial charge in [-0.1, -0.05) is 102 Å². The maximum atomic E-state index is 12.7. The average Bonchev–Trinajstić information content (AvgIpc) is 3.38. The molecule has 1 rings (SSSR count). The van der Waals surface area contributed by atoms with Crippen LogP contribution in [-0.2, 0) is 32.9 Å². The zero-order valence-electron chi connectivity index (χ0n) is 32.9. The van der Waals surface area contributed by atoms with E-state index < -0.39 is 69.2 Å². The van der Waals surface area contributed by atoms with Gasteiger partial charge in [-0.3, -0.25) is 18.9 Å². The number of ketones is 1. The third-order valence-electron chi connectivity index (χ3n) is 9.61. The molecule has 5 N–H and O–H groups in total. The fraction of sp³-hybridized carbons (Fsp3) is 0.780. The largest absolute Gasteiger partial charge is 0.469 e. The van der Waals surface area contributed by atoms with Gasteiger partial charge in [0.25, 0.3) is 0 Å². The normalized spacial score (nSPS) is 20.3. The van der Waals surface area contributed by atoms with Crippen LogP contribution in [0.1, 0.15) is 155 Å². The molecule has 312 valence electrons. The molecule has 0 amide bonds. The number of phosphoric acid groups is 1. The van der Waals surface area contributed by atoms with Crippen LogP contribution >= 0.6 is 7.82 Å². The Bertz CT molecular complexity index is 1150. The first-order valence-electron chi connectivity index (χ1n) is 20.5. The van der Waals surface area contributed by atoms with Gasteiger partial charge < -0.3 is 34.6 Å². The van der Waals surface area contributed by atoms with Crippen molar-refractivity contribution in [1.29, 1.82) is 0 Å². The number of aliphatic hydroxyl groups excluding tert-OH is 3. The quantitative estimate of drug-likeness (QED) is 0.0188. The second-order valence-electron chi connectivity index (χ2n) is 14.6. The Kier molecular flexibility index (Phi) is 28.6. The Morgan fingerprint density at radius 2 is 1.33 bits per heavy atom. The fourth-order valence-corrected chi connectivity index (χ4v) is 6.82. The first kappa shape index (κ1) is 49.8. The summed E-state index contributed by atoms with van der Waals surface area (Å²) in [5, 5.41) is 31.1. The van der Waals surface area contributed by atoms with Crippen molar-refractivity contribution in [3.8, 4) is 0 Å². The third kappa shape index (κ3) is 26.6. The van der Waals surface area contributed by atoms with Crippen LogP contribution in [0.15, 0.2) is 36.5 Å². The number of rotatable bonds is 33. The Morgan fingerprint density at radius 1 is 0.741 bits per heavy atom. The second kappa shape index (κ2) is 31.0. The summed E-state index contributed by atoms with van der Waals surface area (Å²) in [7, 11) is -4.85. The number of Topliss-reactive ketones (excluding diaryl/α,β-unsaturated/α-hetero) is 1. The van der Waals surface area contributed by atoms with E-state index in [1.807, 2.05) is 0 Å². The van der Waals surface area contributed by atoms with Gasteiger partial charge in [0, 0.05) is 43.9 Å². The molecule has 1 fully saturated rings. The van der Waals surface area contributed by atoms with E-state index in [4.69, 9.17) is 19.3 Å². The minimum absolute atomic E-state index is 0.0225. The number of hydrogen-bond acceptors (Lipinski definition) is 10. The van der Waals surface area contributed by atoms with E-state index in [1.165, 1.54) is 19.3 Å². The Hall–Kier alpha value is -2.18. The van der Waals surface area contributed by atoms with Crippen molar-refractivity contribution in [2.75, 3.05) is 13.2 Å². The Morgan fingerprint density at radius 3 is 2.02 bits per heavy atom. The van der Waals surface area contributed by atoms with E-state index in [1.54, 1.807) is 12.2 Å². The van der Waals surface area contributed by atoms with Crippen molar-refractivity contribution in [3.63, 3.8) is 0 Å². The Balaban J connectivity index is 2.34.